The zero-order valence-electron chi connectivity index (χ0n) is 20.1. The van der Waals surface area contributed by atoms with Gasteiger partial charge in [0.1, 0.15) is 5.82 Å². The predicted molar refractivity (Wildman–Crippen MR) is 149 cm³/mol. The maximum Gasteiger partial charge on any atom is 0.333 e. The third-order valence-electron chi connectivity index (χ3n) is 5.52. The van der Waals surface area contributed by atoms with Gasteiger partial charge in [-0.25, -0.2) is 22.3 Å². The van der Waals surface area contributed by atoms with Gasteiger partial charge in [-0.3, -0.25) is 4.98 Å². The second kappa shape index (κ2) is 10.3. The molecule has 0 aliphatic rings. The van der Waals surface area contributed by atoms with Gasteiger partial charge in [0.2, 0.25) is 0 Å². The number of benzene rings is 3. The SMILES string of the molecule is CC(C)(C)c1ccc(S(=O)(=O)NC(=O)Nc2cnc3ccc(Br)cc3c2Nc2ccc(F)c(Cl)c2)cc1. The van der Waals surface area contributed by atoms with Crippen molar-refractivity contribution in [2.75, 3.05) is 10.6 Å². The van der Waals surface area contributed by atoms with E-state index < -0.39 is 21.9 Å². The first-order valence-electron chi connectivity index (χ1n) is 11.1. The summed E-state index contributed by atoms with van der Waals surface area (Å²) < 4.78 is 42.1. The summed E-state index contributed by atoms with van der Waals surface area (Å²) in [5.74, 6) is -0.576. The maximum absolute atomic E-state index is 13.7. The summed E-state index contributed by atoms with van der Waals surface area (Å²) >= 11 is 9.36. The van der Waals surface area contributed by atoms with Crippen LogP contribution in [-0.2, 0) is 15.4 Å². The number of fused-ring (bicyclic) bond motifs is 1. The lowest BCUT2D eigenvalue weighted by molar-refractivity contribution is 0.256. The van der Waals surface area contributed by atoms with Gasteiger partial charge in [0.15, 0.2) is 0 Å². The fraction of sp³-hybridized carbons (Fsp3) is 0.154. The average Bonchev–Trinajstić information content (AvgIpc) is 2.82. The Balaban J connectivity index is 1.64. The van der Waals surface area contributed by atoms with Gasteiger partial charge in [-0.1, -0.05) is 60.4 Å². The summed E-state index contributed by atoms with van der Waals surface area (Å²) in [6, 6.07) is 14.8. The molecule has 37 heavy (non-hydrogen) atoms. The highest BCUT2D eigenvalue weighted by molar-refractivity contribution is 9.10. The third kappa shape index (κ3) is 6.20. The van der Waals surface area contributed by atoms with E-state index in [2.05, 4.69) is 31.5 Å². The number of amides is 2. The van der Waals surface area contributed by atoms with Crippen molar-refractivity contribution in [2.45, 2.75) is 31.1 Å². The van der Waals surface area contributed by atoms with E-state index in [1.165, 1.54) is 36.5 Å². The summed E-state index contributed by atoms with van der Waals surface area (Å²) in [6.45, 7) is 6.05. The molecule has 0 aliphatic carbocycles. The van der Waals surface area contributed by atoms with Crippen molar-refractivity contribution in [2.24, 2.45) is 0 Å². The maximum atomic E-state index is 13.7. The van der Waals surface area contributed by atoms with Crippen LogP contribution >= 0.6 is 27.5 Å². The number of pyridine rings is 1. The first kappa shape index (κ1) is 26.8. The number of nitrogens with zero attached hydrogens (tertiary/aromatic N) is 1. The summed E-state index contributed by atoms with van der Waals surface area (Å²) in [7, 11) is -4.14. The molecule has 0 aliphatic heterocycles. The second-order valence-electron chi connectivity index (χ2n) is 9.30. The number of hydrogen-bond acceptors (Lipinski definition) is 5. The van der Waals surface area contributed by atoms with Crippen LogP contribution < -0.4 is 15.4 Å². The first-order chi connectivity index (χ1) is 17.3. The number of rotatable bonds is 5. The molecule has 4 rings (SSSR count). The highest BCUT2D eigenvalue weighted by atomic mass is 79.9. The van der Waals surface area contributed by atoms with E-state index in [-0.39, 0.29) is 21.0 Å². The molecule has 192 valence electrons. The largest absolute Gasteiger partial charge is 0.353 e. The van der Waals surface area contributed by atoms with Gasteiger partial charge >= 0.3 is 6.03 Å². The molecule has 3 N–H and O–H groups in total. The fourth-order valence-corrected chi connectivity index (χ4v) is 5.02. The number of halogens is 3. The summed E-state index contributed by atoms with van der Waals surface area (Å²) in [6.07, 6.45) is 1.40. The number of nitrogens with one attached hydrogen (secondary N) is 3. The topological polar surface area (TPSA) is 100 Å². The van der Waals surface area contributed by atoms with Crippen molar-refractivity contribution >= 4 is 71.6 Å². The van der Waals surface area contributed by atoms with Gasteiger partial charge in [-0.15, -0.1) is 0 Å². The van der Waals surface area contributed by atoms with Crippen LogP contribution in [0.3, 0.4) is 0 Å². The Morgan fingerprint density at radius 2 is 1.73 bits per heavy atom. The van der Waals surface area contributed by atoms with Crippen molar-refractivity contribution in [3.05, 3.63) is 87.7 Å². The Labute approximate surface area is 227 Å². The molecule has 3 aromatic carbocycles. The molecule has 0 saturated carbocycles. The Morgan fingerprint density at radius 3 is 2.38 bits per heavy atom. The van der Waals surface area contributed by atoms with Gasteiger partial charge in [-0.2, -0.15) is 0 Å². The van der Waals surface area contributed by atoms with E-state index in [0.29, 0.717) is 22.3 Å². The normalized spacial score (nSPS) is 11.8. The van der Waals surface area contributed by atoms with E-state index in [0.717, 1.165) is 10.0 Å². The summed E-state index contributed by atoms with van der Waals surface area (Å²) in [4.78, 5) is 17.1. The molecule has 1 heterocycles. The second-order valence-corrected chi connectivity index (χ2v) is 12.3. The number of carbonyl (C=O) groups excluding carboxylic acids is 1. The Bertz CT molecular complexity index is 1610. The van der Waals surface area contributed by atoms with Gasteiger partial charge < -0.3 is 10.6 Å². The number of carbonyl (C=O) groups is 1. The van der Waals surface area contributed by atoms with Gasteiger partial charge in [0, 0.05) is 15.5 Å². The molecular formula is C26H23BrClFN4O3S. The lowest BCUT2D eigenvalue weighted by Gasteiger charge is -2.19. The van der Waals surface area contributed by atoms with Crippen LogP contribution in [-0.4, -0.2) is 19.4 Å². The molecule has 2 amide bonds. The molecule has 7 nitrogen and oxygen atoms in total. The van der Waals surface area contributed by atoms with E-state index in [9.17, 15) is 17.6 Å². The minimum atomic E-state index is -4.14. The predicted octanol–water partition coefficient (Wildman–Crippen LogP) is 7.34. The van der Waals surface area contributed by atoms with Crippen LogP contribution in [0.4, 0.5) is 26.2 Å². The lowest BCUT2D eigenvalue weighted by atomic mass is 9.87. The monoisotopic (exact) mass is 604 g/mol. The molecule has 0 unspecified atom stereocenters. The van der Waals surface area contributed by atoms with Crippen molar-refractivity contribution in [1.29, 1.82) is 0 Å². The van der Waals surface area contributed by atoms with E-state index >= 15 is 0 Å². The molecule has 0 radical (unpaired) electrons. The van der Waals surface area contributed by atoms with Gasteiger partial charge in [0.05, 0.1) is 33.0 Å². The zero-order chi connectivity index (χ0) is 27.0. The standard InChI is InChI=1S/C26H23BrClFN4O3S/c1-26(2,3)15-4-8-18(9-5-15)37(35,36)33-25(34)32-23-14-30-22-11-6-16(27)12-19(22)24(23)31-17-7-10-21(29)20(28)13-17/h4-14H,1-3H3,(H,30,31)(H2,32,33,34). The Hall–Kier alpha value is -3.21. The van der Waals surface area contributed by atoms with Crippen LogP contribution in [0.15, 0.2) is 76.2 Å². The van der Waals surface area contributed by atoms with Crippen LogP contribution in [0.25, 0.3) is 10.9 Å². The van der Waals surface area contributed by atoms with Crippen LogP contribution in [0.1, 0.15) is 26.3 Å². The Morgan fingerprint density at radius 1 is 1.03 bits per heavy atom. The number of aromatic nitrogens is 1. The van der Waals surface area contributed by atoms with E-state index in [1.807, 2.05) is 31.6 Å². The molecule has 0 spiro atoms. The van der Waals surface area contributed by atoms with E-state index in [4.69, 9.17) is 11.6 Å². The lowest BCUT2D eigenvalue weighted by Crippen LogP contribution is -2.34. The first-order valence-corrected chi connectivity index (χ1v) is 13.7. The molecule has 0 fully saturated rings. The number of urea groups is 1. The van der Waals surface area contributed by atoms with E-state index in [1.54, 1.807) is 24.3 Å². The minimum Gasteiger partial charge on any atom is -0.353 e. The molecule has 11 heteroatoms. The van der Waals surface area contributed by atoms with Crippen molar-refractivity contribution in [3.8, 4) is 0 Å². The quantitative estimate of drug-likeness (QED) is 0.221. The summed E-state index contributed by atoms with van der Waals surface area (Å²) in [5, 5.41) is 6.22. The molecule has 0 bridgehead atoms. The molecule has 0 atom stereocenters. The number of anilines is 3. The van der Waals surface area contributed by atoms with Crippen LogP contribution in [0.5, 0.6) is 0 Å². The fourth-order valence-electron chi connectivity index (χ4n) is 3.58. The van der Waals surface area contributed by atoms with Gasteiger partial charge in [0.25, 0.3) is 10.0 Å². The van der Waals surface area contributed by atoms with Crippen molar-refractivity contribution in [3.63, 3.8) is 0 Å². The summed E-state index contributed by atoms with van der Waals surface area (Å²) in [5.41, 5.74) is 2.48. The highest BCUT2D eigenvalue weighted by Crippen LogP contribution is 2.35. The zero-order valence-corrected chi connectivity index (χ0v) is 23.2. The van der Waals surface area contributed by atoms with Crippen molar-refractivity contribution < 1.29 is 17.6 Å². The van der Waals surface area contributed by atoms with Gasteiger partial charge in [-0.05, 0) is 59.5 Å². The smallest absolute Gasteiger partial charge is 0.333 e. The Kier molecular flexibility index (Phi) is 7.45. The number of sulfonamides is 1. The van der Waals surface area contributed by atoms with Crippen LogP contribution in [0.2, 0.25) is 5.02 Å². The highest BCUT2D eigenvalue weighted by Gasteiger charge is 2.21. The number of hydrogen-bond donors (Lipinski definition) is 3. The van der Waals surface area contributed by atoms with Crippen molar-refractivity contribution in [1.82, 2.24) is 9.71 Å². The average molecular weight is 606 g/mol. The molecule has 0 saturated heterocycles. The molecular weight excluding hydrogens is 583 g/mol. The third-order valence-corrected chi connectivity index (χ3v) is 7.65. The van der Waals surface area contributed by atoms with Crippen LogP contribution in [0, 0.1) is 5.82 Å². The molecule has 1 aromatic heterocycles. The molecule has 4 aromatic rings. The minimum absolute atomic E-state index is 0.0458.